The summed E-state index contributed by atoms with van der Waals surface area (Å²) in [5.41, 5.74) is 3.90. The van der Waals surface area contributed by atoms with Crippen molar-refractivity contribution in [3.05, 3.63) is 23.8 Å². The number of nitrogens with two attached hydrogens (primary N) is 1. The largest absolute Gasteiger partial charge is 0.399 e. The molecule has 1 aromatic carbocycles. The Balaban J connectivity index is 2.35. The van der Waals surface area contributed by atoms with E-state index in [-0.39, 0.29) is 24.7 Å². The van der Waals surface area contributed by atoms with E-state index in [9.17, 15) is 22.3 Å². The lowest BCUT2D eigenvalue weighted by atomic mass is 9.85. The molecule has 0 bridgehead atoms. The lowest BCUT2D eigenvalue weighted by Gasteiger charge is -2.47. The number of nitrogens with zero attached hydrogens (tertiary/aromatic N) is 1. The number of hydrogen-bond acceptors (Lipinski definition) is 4. The number of rotatable bonds is 3. The van der Waals surface area contributed by atoms with Crippen LogP contribution < -0.4 is 5.73 Å². The number of β-amino-alcohol motifs (C(OH)–C–C–N with tert-alkyl or cyclic N) is 1. The van der Waals surface area contributed by atoms with E-state index in [1.54, 1.807) is 13.8 Å². The molecule has 1 fully saturated rings. The summed E-state index contributed by atoms with van der Waals surface area (Å²) in [5.74, 6) is -2.62. The summed E-state index contributed by atoms with van der Waals surface area (Å²) in [6.07, 6.45) is 0. The van der Waals surface area contributed by atoms with Crippen molar-refractivity contribution >= 4 is 15.7 Å². The zero-order chi connectivity index (χ0) is 15.3. The van der Waals surface area contributed by atoms with E-state index in [1.807, 2.05) is 0 Å². The van der Waals surface area contributed by atoms with Crippen LogP contribution in [0.15, 0.2) is 17.0 Å². The van der Waals surface area contributed by atoms with E-state index >= 15 is 0 Å². The number of sulfonamides is 1. The van der Waals surface area contributed by atoms with E-state index in [1.165, 1.54) is 0 Å². The van der Waals surface area contributed by atoms with Crippen LogP contribution in [0.25, 0.3) is 0 Å². The molecule has 112 valence electrons. The van der Waals surface area contributed by atoms with Crippen LogP contribution >= 0.6 is 0 Å². The summed E-state index contributed by atoms with van der Waals surface area (Å²) in [6.45, 7) is 3.12. The molecule has 1 heterocycles. The Morgan fingerprint density at radius 2 is 1.75 bits per heavy atom. The van der Waals surface area contributed by atoms with E-state index in [0.717, 1.165) is 16.4 Å². The fraction of sp³-hybridized carbons (Fsp3) is 0.500. The highest BCUT2D eigenvalue weighted by Gasteiger charge is 2.50. The highest BCUT2D eigenvalue weighted by Crippen LogP contribution is 2.35. The first-order valence-electron chi connectivity index (χ1n) is 6.05. The van der Waals surface area contributed by atoms with Gasteiger partial charge in [-0.25, -0.2) is 17.2 Å². The molecular formula is C12H16F2N2O3S. The molecule has 2 rings (SSSR count). The van der Waals surface area contributed by atoms with Crippen LogP contribution in [0.5, 0.6) is 0 Å². The molecule has 1 aliphatic heterocycles. The van der Waals surface area contributed by atoms with Gasteiger partial charge < -0.3 is 10.8 Å². The predicted octanol–water partition coefficient (Wildman–Crippen LogP) is 0.938. The second-order valence-corrected chi connectivity index (χ2v) is 7.22. The Kier molecular flexibility index (Phi) is 3.52. The first-order valence-corrected chi connectivity index (χ1v) is 7.49. The summed E-state index contributed by atoms with van der Waals surface area (Å²) < 4.78 is 52.6. The van der Waals surface area contributed by atoms with Gasteiger partial charge in [0.1, 0.15) is 11.6 Å². The highest BCUT2D eigenvalue weighted by molar-refractivity contribution is 7.89. The molecular weight excluding hydrogens is 290 g/mol. The molecule has 0 amide bonds. The van der Waals surface area contributed by atoms with Crippen molar-refractivity contribution in [3.63, 3.8) is 0 Å². The number of hydrogen-bond donors (Lipinski definition) is 2. The van der Waals surface area contributed by atoms with Crippen molar-refractivity contribution < 1.29 is 22.3 Å². The van der Waals surface area contributed by atoms with Gasteiger partial charge in [-0.3, -0.25) is 0 Å². The molecule has 1 saturated heterocycles. The monoisotopic (exact) mass is 306 g/mol. The zero-order valence-electron chi connectivity index (χ0n) is 11.1. The number of anilines is 1. The minimum atomic E-state index is -4.32. The lowest BCUT2D eigenvalue weighted by Crippen LogP contribution is -2.65. The molecule has 0 saturated carbocycles. The van der Waals surface area contributed by atoms with Crippen molar-refractivity contribution in [3.8, 4) is 0 Å². The van der Waals surface area contributed by atoms with Gasteiger partial charge in [-0.15, -0.1) is 0 Å². The third-order valence-electron chi connectivity index (χ3n) is 3.59. The molecule has 0 atom stereocenters. The first kappa shape index (κ1) is 15.1. The van der Waals surface area contributed by atoms with E-state index < -0.39 is 32.2 Å². The SMILES string of the molecule is CC(C)C1(O)CN(S(=O)(=O)c2c(F)cc(N)cc2F)C1. The normalized spacial score (nSPS) is 19.1. The van der Waals surface area contributed by atoms with Crippen LogP contribution in [0.4, 0.5) is 14.5 Å². The van der Waals surface area contributed by atoms with Crippen molar-refractivity contribution in [1.29, 1.82) is 0 Å². The second kappa shape index (κ2) is 4.64. The number of benzene rings is 1. The Labute approximate surface area is 116 Å². The predicted molar refractivity (Wildman–Crippen MR) is 69.3 cm³/mol. The Bertz CT molecular complexity index is 617. The Morgan fingerprint density at radius 3 is 2.15 bits per heavy atom. The lowest BCUT2D eigenvalue weighted by molar-refractivity contribution is -0.0933. The molecule has 1 aliphatic rings. The topological polar surface area (TPSA) is 83.6 Å². The van der Waals surface area contributed by atoms with Gasteiger partial charge in [-0.2, -0.15) is 4.31 Å². The molecule has 20 heavy (non-hydrogen) atoms. The molecule has 0 aliphatic carbocycles. The fourth-order valence-electron chi connectivity index (χ4n) is 2.05. The summed E-state index contributed by atoms with van der Waals surface area (Å²) >= 11 is 0. The molecule has 8 heteroatoms. The molecule has 5 nitrogen and oxygen atoms in total. The maximum atomic E-state index is 13.7. The molecule has 0 unspecified atom stereocenters. The van der Waals surface area contributed by atoms with Gasteiger partial charge in [-0.05, 0) is 18.1 Å². The quantitative estimate of drug-likeness (QED) is 0.814. The third kappa shape index (κ3) is 2.27. The molecule has 0 aromatic heterocycles. The van der Waals surface area contributed by atoms with Crippen LogP contribution in [-0.4, -0.2) is 36.5 Å². The van der Waals surface area contributed by atoms with Gasteiger partial charge in [-0.1, -0.05) is 13.8 Å². The average molecular weight is 306 g/mol. The average Bonchev–Trinajstić information content (AvgIpc) is 2.22. The number of aliphatic hydroxyl groups is 1. The third-order valence-corrected chi connectivity index (χ3v) is 5.44. The molecule has 3 N–H and O–H groups in total. The van der Waals surface area contributed by atoms with Crippen LogP contribution in [0.2, 0.25) is 0 Å². The maximum absolute atomic E-state index is 13.7. The van der Waals surface area contributed by atoms with Crippen LogP contribution in [0.3, 0.4) is 0 Å². The van der Waals surface area contributed by atoms with E-state index in [0.29, 0.717) is 0 Å². The van der Waals surface area contributed by atoms with Gasteiger partial charge >= 0.3 is 0 Å². The smallest absolute Gasteiger partial charge is 0.249 e. The zero-order valence-corrected chi connectivity index (χ0v) is 11.9. The van der Waals surface area contributed by atoms with Crippen LogP contribution in [0.1, 0.15) is 13.8 Å². The standard InChI is InChI=1S/C12H16F2N2O3S/c1-7(2)12(17)5-16(6-12)20(18,19)11-9(13)3-8(15)4-10(11)14/h3-4,7,17H,5-6,15H2,1-2H3. The first-order chi connectivity index (χ1) is 9.08. The maximum Gasteiger partial charge on any atom is 0.249 e. The minimum absolute atomic E-state index is 0.157. The number of nitrogen functional groups attached to an aromatic ring is 1. The van der Waals surface area contributed by atoms with Crippen molar-refractivity contribution in [2.45, 2.75) is 24.3 Å². The van der Waals surface area contributed by atoms with Gasteiger partial charge in [0, 0.05) is 18.8 Å². The van der Waals surface area contributed by atoms with Gasteiger partial charge in [0.2, 0.25) is 10.0 Å². The van der Waals surface area contributed by atoms with E-state index in [2.05, 4.69) is 0 Å². The van der Waals surface area contributed by atoms with Crippen molar-refractivity contribution in [2.24, 2.45) is 5.92 Å². The molecule has 0 spiro atoms. The van der Waals surface area contributed by atoms with Crippen LogP contribution in [0, 0.1) is 17.6 Å². The minimum Gasteiger partial charge on any atom is -0.399 e. The molecule has 1 aromatic rings. The Hall–Kier alpha value is -1.25. The number of halogens is 2. The highest BCUT2D eigenvalue weighted by atomic mass is 32.2. The second-order valence-electron chi connectivity index (χ2n) is 5.35. The summed E-state index contributed by atoms with van der Waals surface area (Å²) in [4.78, 5) is -1.03. The van der Waals surface area contributed by atoms with Gasteiger partial charge in [0.05, 0.1) is 5.60 Å². The summed E-state index contributed by atoms with van der Waals surface area (Å²) in [5, 5.41) is 10.0. The fourth-order valence-corrected chi connectivity index (χ4v) is 3.71. The Morgan fingerprint density at radius 1 is 1.30 bits per heavy atom. The summed E-state index contributed by atoms with van der Waals surface area (Å²) in [6, 6.07) is 1.51. The van der Waals surface area contributed by atoms with Crippen LogP contribution in [-0.2, 0) is 10.0 Å². The van der Waals surface area contributed by atoms with Gasteiger partial charge in [0.15, 0.2) is 4.90 Å². The molecule has 0 radical (unpaired) electrons. The van der Waals surface area contributed by atoms with Gasteiger partial charge in [0.25, 0.3) is 0 Å². The van der Waals surface area contributed by atoms with Crippen molar-refractivity contribution in [2.75, 3.05) is 18.8 Å². The van der Waals surface area contributed by atoms with E-state index in [4.69, 9.17) is 5.73 Å². The van der Waals surface area contributed by atoms with Crippen molar-refractivity contribution in [1.82, 2.24) is 4.31 Å². The summed E-state index contributed by atoms with van der Waals surface area (Å²) in [7, 11) is -4.32.